The molecule has 0 aromatic carbocycles. The van der Waals surface area contributed by atoms with Crippen LogP contribution in [0.15, 0.2) is 0 Å². The van der Waals surface area contributed by atoms with Gasteiger partial charge in [-0.1, -0.05) is 0 Å². The molecule has 0 aromatic rings. The zero-order valence-electron chi connectivity index (χ0n) is 13.3. The van der Waals surface area contributed by atoms with Crippen molar-refractivity contribution in [2.24, 2.45) is 0 Å². The van der Waals surface area contributed by atoms with Gasteiger partial charge < -0.3 is 14.8 Å². The van der Waals surface area contributed by atoms with Crippen LogP contribution in [0.5, 0.6) is 0 Å². The lowest BCUT2D eigenvalue weighted by Gasteiger charge is -2.26. The molecule has 1 N–H and O–H groups in total. The number of alkyl carbamates (subject to hydrolysis) is 1. The Bertz CT molecular complexity index is 455. The second-order valence-electron chi connectivity index (χ2n) is 5.57. The molecule has 10 heteroatoms. The van der Waals surface area contributed by atoms with Crippen LogP contribution in [0, 0.1) is 0 Å². The number of ether oxygens (including phenoxy) is 2. The molecule has 3 atom stereocenters. The predicted octanol–water partition coefficient (Wildman–Crippen LogP) is 2.33. The van der Waals surface area contributed by atoms with E-state index in [-0.39, 0.29) is 0 Å². The molecule has 1 amide bonds. The molecule has 1 fully saturated rings. The van der Waals surface area contributed by atoms with Gasteiger partial charge in [0.15, 0.2) is 6.04 Å². The van der Waals surface area contributed by atoms with Crippen molar-refractivity contribution in [3.63, 3.8) is 0 Å². The summed E-state index contributed by atoms with van der Waals surface area (Å²) in [5.74, 6) is -0.180. The maximum Gasteiger partial charge on any atom is 0.408 e. The Morgan fingerprint density at radius 3 is 2.45 bits per heavy atom. The van der Waals surface area contributed by atoms with Gasteiger partial charge in [-0.2, -0.15) is 0 Å². The quantitative estimate of drug-likeness (QED) is 0.592. The topological polar surface area (TPSA) is 100 Å². The van der Waals surface area contributed by atoms with Crippen LogP contribution in [0.2, 0.25) is 0 Å². The molecule has 0 aliphatic carbocycles. The summed E-state index contributed by atoms with van der Waals surface area (Å²) in [7, 11) is 1.18. The first kappa shape index (κ1) is 19.3. The van der Waals surface area contributed by atoms with Gasteiger partial charge in [0.05, 0.1) is 19.8 Å². The summed E-state index contributed by atoms with van der Waals surface area (Å²) in [6, 6.07) is -1.16. The molecule has 1 aliphatic rings. The van der Waals surface area contributed by atoms with Crippen LogP contribution in [0.1, 0.15) is 27.7 Å². The highest BCUT2D eigenvalue weighted by Gasteiger charge is 2.39. The third kappa shape index (κ3) is 6.16. The molecule has 0 saturated carbocycles. The number of carbonyl (C=O) groups is 2. The van der Waals surface area contributed by atoms with Crippen molar-refractivity contribution in [3.8, 4) is 0 Å². The van der Waals surface area contributed by atoms with E-state index in [1.54, 1.807) is 20.8 Å². The molecule has 0 aromatic heterocycles. The van der Waals surface area contributed by atoms with E-state index < -0.39 is 36.6 Å². The van der Waals surface area contributed by atoms with Gasteiger partial charge in [0, 0.05) is 5.75 Å². The highest BCUT2D eigenvalue weighted by molar-refractivity contribution is 8.55. The number of carbonyl (C=O) groups excluding carboxylic acids is 2. The third-order valence-electron chi connectivity index (χ3n) is 2.47. The van der Waals surface area contributed by atoms with E-state index in [2.05, 4.69) is 10.1 Å². The van der Waals surface area contributed by atoms with Crippen molar-refractivity contribution >= 4 is 30.2 Å². The van der Waals surface area contributed by atoms with E-state index in [1.807, 2.05) is 0 Å². The summed E-state index contributed by atoms with van der Waals surface area (Å²) in [5, 5.41) is 2.37. The monoisotopic (exact) mass is 355 g/mol. The van der Waals surface area contributed by atoms with E-state index in [0.29, 0.717) is 12.4 Å². The fraction of sp³-hybridized carbons (Fsp3) is 0.833. The average molecular weight is 355 g/mol. The molecule has 0 spiro atoms. The molecule has 1 aliphatic heterocycles. The fourth-order valence-electron chi connectivity index (χ4n) is 1.59. The highest BCUT2D eigenvalue weighted by atomic mass is 32.7. The first-order valence-electron chi connectivity index (χ1n) is 6.71. The predicted molar refractivity (Wildman–Crippen MR) is 81.7 cm³/mol. The van der Waals surface area contributed by atoms with Gasteiger partial charge in [0.25, 0.3) is 0 Å². The van der Waals surface area contributed by atoms with Crippen LogP contribution >= 0.6 is 18.2 Å². The average Bonchev–Trinajstić information content (AvgIpc) is 2.79. The first-order chi connectivity index (χ1) is 10.1. The highest BCUT2D eigenvalue weighted by Crippen LogP contribution is 2.65. The fourth-order valence-corrected chi connectivity index (χ4v) is 5.07. The Labute approximate surface area is 133 Å². The zero-order chi connectivity index (χ0) is 17.0. The molecule has 128 valence electrons. The molecule has 3 unspecified atom stereocenters. The van der Waals surface area contributed by atoms with Gasteiger partial charge in [-0.15, -0.1) is 0 Å². The molecule has 1 rings (SSSR count). The Balaban J connectivity index is 2.73. The van der Waals surface area contributed by atoms with Crippen molar-refractivity contribution in [2.75, 3.05) is 19.5 Å². The number of nitrogens with one attached hydrogen (secondary N) is 1. The summed E-state index contributed by atoms with van der Waals surface area (Å²) in [6.07, 6.45) is -1.70. The lowest BCUT2D eigenvalue weighted by Crippen LogP contribution is -2.50. The zero-order valence-corrected chi connectivity index (χ0v) is 15.0. The maximum absolute atomic E-state index is 12.2. The molecular weight excluding hydrogens is 333 g/mol. The van der Waals surface area contributed by atoms with Crippen LogP contribution in [0.25, 0.3) is 0 Å². The first-order valence-corrected chi connectivity index (χ1v) is 9.84. The van der Waals surface area contributed by atoms with Crippen molar-refractivity contribution < 1.29 is 32.7 Å². The van der Waals surface area contributed by atoms with Gasteiger partial charge in [0.2, 0.25) is 0 Å². The standard InChI is InChI=1S/C12H22NO7PS/c1-8(20-21(16)18-6-7-22-21)9(10(14)17-5)13-11(15)19-12(2,3)4/h8-9H,6-7H2,1-5H3,(H,13,15). The van der Waals surface area contributed by atoms with Gasteiger partial charge in [-0.25, -0.2) is 14.2 Å². The van der Waals surface area contributed by atoms with E-state index in [1.165, 1.54) is 14.0 Å². The summed E-state index contributed by atoms with van der Waals surface area (Å²) >= 11 is 1.05. The second-order valence-corrected chi connectivity index (χ2v) is 9.72. The summed E-state index contributed by atoms with van der Waals surface area (Å²) in [6.45, 7) is 3.61. The Morgan fingerprint density at radius 1 is 1.36 bits per heavy atom. The molecule has 22 heavy (non-hydrogen) atoms. The molecule has 1 heterocycles. The minimum atomic E-state index is -3.30. The lowest BCUT2D eigenvalue weighted by atomic mass is 10.2. The van der Waals surface area contributed by atoms with Gasteiger partial charge in [0.1, 0.15) is 5.60 Å². The van der Waals surface area contributed by atoms with E-state index in [4.69, 9.17) is 13.8 Å². The minimum Gasteiger partial charge on any atom is -0.467 e. The number of amides is 1. The lowest BCUT2D eigenvalue weighted by molar-refractivity contribution is -0.145. The van der Waals surface area contributed by atoms with Crippen LogP contribution in [-0.2, 0) is 27.9 Å². The summed E-state index contributed by atoms with van der Waals surface area (Å²) in [4.78, 5) is 23.6. The molecular formula is C12H22NO7PS. The van der Waals surface area contributed by atoms with Crippen molar-refractivity contribution in [1.82, 2.24) is 5.32 Å². The number of hydrogen-bond donors (Lipinski definition) is 1. The Morgan fingerprint density at radius 2 is 2.00 bits per heavy atom. The van der Waals surface area contributed by atoms with Gasteiger partial charge in [-0.3, -0.25) is 9.05 Å². The van der Waals surface area contributed by atoms with E-state index in [0.717, 1.165) is 11.4 Å². The number of esters is 1. The molecule has 1 saturated heterocycles. The van der Waals surface area contributed by atoms with Gasteiger partial charge in [-0.05, 0) is 39.1 Å². The van der Waals surface area contributed by atoms with Crippen LogP contribution in [-0.4, -0.2) is 49.3 Å². The third-order valence-corrected chi connectivity index (χ3v) is 6.30. The van der Waals surface area contributed by atoms with Crippen LogP contribution < -0.4 is 5.32 Å². The maximum atomic E-state index is 12.2. The van der Waals surface area contributed by atoms with Crippen molar-refractivity contribution in [3.05, 3.63) is 0 Å². The van der Waals surface area contributed by atoms with Gasteiger partial charge >= 0.3 is 18.9 Å². The van der Waals surface area contributed by atoms with E-state index >= 15 is 0 Å². The second kappa shape index (κ2) is 7.68. The van der Waals surface area contributed by atoms with Crippen molar-refractivity contribution in [2.45, 2.75) is 45.4 Å². The summed E-state index contributed by atoms with van der Waals surface area (Å²) in [5.41, 5.74) is -0.716. The Hall–Kier alpha value is -0.760. The SMILES string of the molecule is COC(=O)C(NC(=O)OC(C)(C)C)C(C)OP1(=O)OCCS1. The van der Waals surface area contributed by atoms with Crippen LogP contribution in [0.4, 0.5) is 4.79 Å². The van der Waals surface area contributed by atoms with E-state index in [9.17, 15) is 14.2 Å². The van der Waals surface area contributed by atoms with Crippen LogP contribution in [0.3, 0.4) is 0 Å². The largest absolute Gasteiger partial charge is 0.467 e. The number of methoxy groups -OCH3 is 1. The summed E-state index contributed by atoms with van der Waals surface area (Å²) < 4.78 is 32.3. The molecule has 0 radical (unpaired) electrons. The number of rotatable bonds is 5. The minimum absolute atomic E-state index is 0.317. The smallest absolute Gasteiger partial charge is 0.408 e. The number of hydrogen-bond acceptors (Lipinski definition) is 8. The molecule has 8 nitrogen and oxygen atoms in total. The molecule has 0 bridgehead atoms. The normalized spacial score (nSPS) is 24.4. The van der Waals surface area contributed by atoms with Crippen molar-refractivity contribution in [1.29, 1.82) is 0 Å². The Kier molecular flexibility index (Phi) is 6.73.